The monoisotopic (exact) mass is 232 g/mol. The molecule has 0 saturated carbocycles. The van der Waals surface area contributed by atoms with E-state index in [0.717, 1.165) is 18.0 Å². The van der Waals surface area contributed by atoms with E-state index in [0.29, 0.717) is 6.04 Å². The van der Waals surface area contributed by atoms with E-state index < -0.39 is 0 Å². The van der Waals surface area contributed by atoms with Crippen molar-refractivity contribution in [2.45, 2.75) is 39.2 Å². The molecule has 2 nitrogen and oxygen atoms in total. The highest BCUT2D eigenvalue weighted by molar-refractivity contribution is 5.46. The minimum atomic E-state index is 0.599. The van der Waals surface area contributed by atoms with E-state index in [4.69, 9.17) is 5.73 Å². The van der Waals surface area contributed by atoms with Crippen LogP contribution in [-0.4, -0.2) is 24.0 Å². The molecule has 0 radical (unpaired) electrons. The van der Waals surface area contributed by atoms with Gasteiger partial charge < -0.3 is 10.6 Å². The first-order valence-corrected chi connectivity index (χ1v) is 6.74. The zero-order valence-corrected chi connectivity index (χ0v) is 11.0. The van der Waals surface area contributed by atoms with Gasteiger partial charge in [0.2, 0.25) is 0 Å². The Balaban J connectivity index is 1.96. The van der Waals surface area contributed by atoms with Gasteiger partial charge in [-0.15, -0.1) is 0 Å². The molecule has 1 fully saturated rings. The molecular weight excluding hydrogens is 208 g/mol. The van der Waals surface area contributed by atoms with Gasteiger partial charge in [0.25, 0.3) is 0 Å². The molecule has 17 heavy (non-hydrogen) atoms. The minimum Gasteiger partial charge on any atom is -0.399 e. The number of piperidine rings is 1. The normalized spacial score (nSPS) is 23.5. The number of hydrogen-bond donors (Lipinski definition) is 1. The van der Waals surface area contributed by atoms with Crippen molar-refractivity contribution in [3.63, 3.8) is 0 Å². The summed E-state index contributed by atoms with van der Waals surface area (Å²) in [6, 6.07) is 8.84. The van der Waals surface area contributed by atoms with E-state index in [1.165, 1.54) is 31.5 Å². The first-order valence-electron chi connectivity index (χ1n) is 6.74. The average Bonchev–Trinajstić information content (AvgIpc) is 2.32. The predicted molar refractivity (Wildman–Crippen MR) is 74.0 cm³/mol. The number of nitrogen functional groups attached to an aromatic ring is 1. The highest BCUT2D eigenvalue weighted by Gasteiger charge is 2.21. The topological polar surface area (TPSA) is 29.3 Å². The number of likely N-dealkylation sites (tertiary alicyclic amines) is 1. The molecule has 2 N–H and O–H groups in total. The summed E-state index contributed by atoms with van der Waals surface area (Å²) in [5.74, 6) is 0.847. The Hall–Kier alpha value is -1.02. The lowest BCUT2D eigenvalue weighted by molar-refractivity contribution is 0.138. The zero-order chi connectivity index (χ0) is 12.3. The molecule has 1 heterocycles. The van der Waals surface area contributed by atoms with Gasteiger partial charge in [-0.05, 0) is 50.3 Å². The number of hydrogen-bond acceptors (Lipinski definition) is 2. The van der Waals surface area contributed by atoms with Gasteiger partial charge in [-0.25, -0.2) is 0 Å². The van der Waals surface area contributed by atoms with Crippen LogP contribution in [-0.2, 0) is 6.42 Å². The van der Waals surface area contributed by atoms with Crippen LogP contribution in [0.3, 0.4) is 0 Å². The van der Waals surface area contributed by atoms with Gasteiger partial charge in [-0.2, -0.15) is 0 Å². The summed E-state index contributed by atoms with van der Waals surface area (Å²) in [7, 11) is 0. The second kappa shape index (κ2) is 5.54. The van der Waals surface area contributed by atoms with Crippen molar-refractivity contribution in [1.29, 1.82) is 0 Å². The van der Waals surface area contributed by atoms with Gasteiger partial charge in [0.1, 0.15) is 0 Å². The SMILES string of the molecule is CC1CCCN(C(C)Cc2ccccc2N)C1. The minimum absolute atomic E-state index is 0.599. The Morgan fingerprint density at radius 1 is 1.41 bits per heavy atom. The molecule has 0 spiro atoms. The lowest BCUT2D eigenvalue weighted by Crippen LogP contribution is -2.41. The molecule has 1 aromatic carbocycles. The first kappa shape index (κ1) is 12.4. The third-order valence-corrected chi connectivity index (χ3v) is 3.88. The van der Waals surface area contributed by atoms with Crippen molar-refractivity contribution in [3.8, 4) is 0 Å². The largest absolute Gasteiger partial charge is 0.399 e. The van der Waals surface area contributed by atoms with Gasteiger partial charge in [-0.3, -0.25) is 0 Å². The van der Waals surface area contributed by atoms with Crippen LogP contribution in [0.5, 0.6) is 0 Å². The molecule has 1 aromatic rings. The smallest absolute Gasteiger partial charge is 0.0347 e. The van der Waals surface area contributed by atoms with E-state index >= 15 is 0 Å². The zero-order valence-electron chi connectivity index (χ0n) is 11.0. The molecule has 0 amide bonds. The lowest BCUT2D eigenvalue weighted by atomic mass is 9.96. The fraction of sp³-hybridized carbons (Fsp3) is 0.600. The van der Waals surface area contributed by atoms with E-state index in [-0.39, 0.29) is 0 Å². The number of nitrogens with zero attached hydrogens (tertiary/aromatic N) is 1. The van der Waals surface area contributed by atoms with E-state index in [9.17, 15) is 0 Å². The number of rotatable bonds is 3. The van der Waals surface area contributed by atoms with Crippen molar-refractivity contribution in [1.82, 2.24) is 4.90 Å². The molecule has 1 saturated heterocycles. The van der Waals surface area contributed by atoms with Gasteiger partial charge >= 0.3 is 0 Å². The first-order chi connectivity index (χ1) is 8.16. The number of anilines is 1. The highest BCUT2D eigenvalue weighted by atomic mass is 15.2. The van der Waals surface area contributed by atoms with Crippen LogP contribution < -0.4 is 5.73 Å². The van der Waals surface area contributed by atoms with Crippen LogP contribution in [0, 0.1) is 5.92 Å². The van der Waals surface area contributed by atoms with Gasteiger partial charge in [0.05, 0.1) is 0 Å². The van der Waals surface area contributed by atoms with Gasteiger partial charge in [0, 0.05) is 18.3 Å². The summed E-state index contributed by atoms with van der Waals surface area (Å²) in [5.41, 5.74) is 8.23. The Bertz CT molecular complexity index is 362. The van der Waals surface area contributed by atoms with Crippen molar-refractivity contribution in [3.05, 3.63) is 29.8 Å². The second-order valence-electron chi connectivity index (χ2n) is 5.49. The summed E-state index contributed by atoms with van der Waals surface area (Å²) in [4.78, 5) is 2.61. The number of nitrogens with two attached hydrogens (primary N) is 1. The Morgan fingerprint density at radius 3 is 2.88 bits per heavy atom. The average molecular weight is 232 g/mol. The molecule has 0 bridgehead atoms. The molecule has 1 aliphatic heterocycles. The van der Waals surface area contributed by atoms with Crippen LogP contribution in [0.25, 0.3) is 0 Å². The molecule has 1 aliphatic rings. The van der Waals surface area contributed by atoms with Crippen LogP contribution >= 0.6 is 0 Å². The van der Waals surface area contributed by atoms with E-state index in [1.54, 1.807) is 0 Å². The maximum absolute atomic E-state index is 6.01. The molecule has 2 atom stereocenters. The van der Waals surface area contributed by atoms with Crippen LogP contribution in [0.2, 0.25) is 0 Å². The van der Waals surface area contributed by atoms with E-state index in [2.05, 4.69) is 30.9 Å². The summed E-state index contributed by atoms with van der Waals surface area (Å²) < 4.78 is 0. The fourth-order valence-corrected chi connectivity index (χ4v) is 2.79. The van der Waals surface area contributed by atoms with Crippen molar-refractivity contribution >= 4 is 5.69 Å². The third kappa shape index (κ3) is 3.22. The van der Waals surface area contributed by atoms with E-state index in [1.807, 2.05) is 12.1 Å². The number of benzene rings is 1. The summed E-state index contributed by atoms with van der Waals surface area (Å²) in [6.07, 6.45) is 3.80. The predicted octanol–water partition coefficient (Wildman–Crippen LogP) is 2.93. The van der Waals surface area contributed by atoms with Crippen molar-refractivity contribution in [2.24, 2.45) is 5.92 Å². The molecule has 0 aromatic heterocycles. The van der Waals surface area contributed by atoms with Crippen molar-refractivity contribution in [2.75, 3.05) is 18.8 Å². The maximum atomic E-state index is 6.01. The Kier molecular flexibility index (Phi) is 4.06. The standard InChI is InChI=1S/C15H24N2/c1-12-6-5-9-17(11-12)13(2)10-14-7-3-4-8-15(14)16/h3-4,7-8,12-13H,5-6,9-11,16H2,1-2H3. The summed E-state index contributed by atoms with van der Waals surface area (Å²) >= 11 is 0. The summed E-state index contributed by atoms with van der Waals surface area (Å²) in [5, 5.41) is 0. The molecule has 94 valence electrons. The Morgan fingerprint density at radius 2 is 2.18 bits per heavy atom. The van der Waals surface area contributed by atoms with Gasteiger partial charge in [-0.1, -0.05) is 25.1 Å². The summed E-state index contributed by atoms with van der Waals surface area (Å²) in [6.45, 7) is 7.17. The number of para-hydroxylation sites is 1. The fourth-order valence-electron chi connectivity index (χ4n) is 2.79. The van der Waals surface area contributed by atoms with Gasteiger partial charge in [0.15, 0.2) is 0 Å². The van der Waals surface area contributed by atoms with Crippen LogP contribution in [0.15, 0.2) is 24.3 Å². The molecule has 0 aliphatic carbocycles. The maximum Gasteiger partial charge on any atom is 0.0347 e. The second-order valence-corrected chi connectivity index (χ2v) is 5.49. The van der Waals surface area contributed by atoms with Crippen LogP contribution in [0.1, 0.15) is 32.3 Å². The Labute approximate surface area is 105 Å². The lowest BCUT2D eigenvalue weighted by Gasteiger charge is -2.35. The molecule has 2 unspecified atom stereocenters. The van der Waals surface area contributed by atoms with Crippen molar-refractivity contribution < 1.29 is 0 Å². The molecular formula is C15H24N2. The third-order valence-electron chi connectivity index (χ3n) is 3.88. The molecule has 2 heteroatoms. The highest BCUT2D eigenvalue weighted by Crippen LogP contribution is 2.21. The molecule has 2 rings (SSSR count). The van der Waals surface area contributed by atoms with Crippen LogP contribution in [0.4, 0.5) is 5.69 Å². The quantitative estimate of drug-likeness (QED) is 0.812.